The van der Waals surface area contributed by atoms with Gasteiger partial charge in [-0.15, -0.1) is 0 Å². The van der Waals surface area contributed by atoms with Crippen molar-refractivity contribution in [2.24, 2.45) is 0 Å². The van der Waals surface area contributed by atoms with Crippen LogP contribution in [-0.2, 0) is 11.3 Å². The average molecular weight is 290 g/mol. The normalized spacial score (nSPS) is 21.3. The molecule has 1 aromatic rings. The summed E-state index contributed by atoms with van der Waals surface area (Å²) >= 11 is 0. The van der Waals surface area contributed by atoms with E-state index < -0.39 is 0 Å². The van der Waals surface area contributed by atoms with Crippen LogP contribution in [0.25, 0.3) is 0 Å². The summed E-state index contributed by atoms with van der Waals surface area (Å²) in [5.74, 6) is 1.55. The molecule has 1 aromatic heterocycles. The van der Waals surface area contributed by atoms with E-state index in [0.29, 0.717) is 11.9 Å². The first-order valence-electron chi connectivity index (χ1n) is 8.13. The van der Waals surface area contributed by atoms with Crippen molar-refractivity contribution in [2.45, 2.75) is 44.7 Å². The number of nitrogens with one attached hydrogen (secondary N) is 1. The Morgan fingerprint density at radius 3 is 2.71 bits per heavy atom. The molecule has 0 radical (unpaired) electrons. The van der Waals surface area contributed by atoms with E-state index in [1.54, 1.807) is 0 Å². The Labute approximate surface area is 126 Å². The molecule has 1 saturated carbocycles. The molecule has 0 unspecified atom stereocenters. The standard InChI is InChI=1S/C16H26N4O/c17-15-10-13(12-20-6-8-21-9-7-20)11-16(19-15)18-14-4-2-1-3-5-14/h10-11,14H,1-9,12H2,(H3,17,18,19). The SMILES string of the molecule is Nc1cc(CN2CCOCC2)cc(NC2CCCCC2)n1. The van der Waals surface area contributed by atoms with E-state index in [1.165, 1.54) is 37.7 Å². The molecule has 0 bridgehead atoms. The van der Waals surface area contributed by atoms with Crippen LogP contribution in [0.1, 0.15) is 37.7 Å². The number of nitrogen functional groups attached to an aromatic ring is 1. The van der Waals surface area contributed by atoms with E-state index in [-0.39, 0.29) is 0 Å². The Morgan fingerprint density at radius 1 is 1.19 bits per heavy atom. The molecule has 1 saturated heterocycles. The second kappa shape index (κ2) is 7.09. The van der Waals surface area contributed by atoms with Crippen LogP contribution < -0.4 is 11.1 Å². The molecule has 3 rings (SSSR count). The number of hydrogen-bond donors (Lipinski definition) is 2. The maximum Gasteiger partial charge on any atom is 0.128 e. The van der Waals surface area contributed by atoms with E-state index in [9.17, 15) is 0 Å². The first-order valence-corrected chi connectivity index (χ1v) is 8.13. The van der Waals surface area contributed by atoms with E-state index in [4.69, 9.17) is 10.5 Å². The van der Waals surface area contributed by atoms with Crippen molar-refractivity contribution in [2.75, 3.05) is 37.4 Å². The monoisotopic (exact) mass is 290 g/mol. The van der Waals surface area contributed by atoms with Crippen molar-refractivity contribution in [3.8, 4) is 0 Å². The fourth-order valence-electron chi connectivity index (χ4n) is 3.25. The lowest BCUT2D eigenvalue weighted by atomic mass is 9.95. The van der Waals surface area contributed by atoms with Crippen molar-refractivity contribution in [1.29, 1.82) is 0 Å². The number of hydrogen-bond acceptors (Lipinski definition) is 5. The van der Waals surface area contributed by atoms with E-state index in [1.807, 2.05) is 6.07 Å². The summed E-state index contributed by atoms with van der Waals surface area (Å²) in [6, 6.07) is 4.70. The Bertz CT molecular complexity index is 415. The van der Waals surface area contributed by atoms with Gasteiger partial charge in [-0.1, -0.05) is 19.3 Å². The Balaban J connectivity index is 1.63. The zero-order chi connectivity index (χ0) is 14.5. The first kappa shape index (κ1) is 14.6. The Hall–Kier alpha value is -1.33. The summed E-state index contributed by atoms with van der Waals surface area (Å²) in [6.07, 6.45) is 6.50. The molecule has 2 fully saturated rings. The molecule has 1 aliphatic carbocycles. The molecule has 3 N–H and O–H groups in total. The van der Waals surface area contributed by atoms with Gasteiger partial charge in [0.1, 0.15) is 11.6 Å². The van der Waals surface area contributed by atoms with Crippen LogP contribution in [-0.4, -0.2) is 42.2 Å². The number of nitrogens with two attached hydrogens (primary N) is 1. The average Bonchev–Trinajstić information content (AvgIpc) is 2.48. The van der Waals surface area contributed by atoms with E-state index in [2.05, 4.69) is 21.3 Å². The smallest absolute Gasteiger partial charge is 0.128 e. The Kier molecular flexibility index (Phi) is 4.93. The highest BCUT2D eigenvalue weighted by Gasteiger charge is 2.15. The zero-order valence-electron chi connectivity index (χ0n) is 12.7. The summed E-state index contributed by atoms with van der Waals surface area (Å²) in [5, 5.41) is 3.56. The molecule has 1 aliphatic heterocycles. The molecule has 5 nitrogen and oxygen atoms in total. The van der Waals surface area contributed by atoms with E-state index in [0.717, 1.165) is 38.7 Å². The van der Waals surface area contributed by atoms with Crippen molar-refractivity contribution >= 4 is 11.6 Å². The fraction of sp³-hybridized carbons (Fsp3) is 0.688. The lowest BCUT2D eigenvalue weighted by Gasteiger charge is -2.27. The maximum absolute atomic E-state index is 5.98. The van der Waals surface area contributed by atoms with E-state index >= 15 is 0 Å². The van der Waals surface area contributed by atoms with Gasteiger partial charge in [0.05, 0.1) is 13.2 Å². The molecular weight excluding hydrogens is 264 g/mol. The molecule has 2 heterocycles. The number of nitrogens with zero attached hydrogens (tertiary/aromatic N) is 2. The van der Waals surface area contributed by atoms with Crippen molar-refractivity contribution < 1.29 is 4.74 Å². The van der Waals surface area contributed by atoms with Crippen LogP contribution in [0.2, 0.25) is 0 Å². The van der Waals surface area contributed by atoms with Crippen LogP contribution in [0.3, 0.4) is 0 Å². The second-order valence-electron chi connectivity index (χ2n) is 6.15. The highest BCUT2D eigenvalue weighted by molar-refractivity contribution is 5.47. The molecule has 116 valence electrons. The van der Waals surface area contributed by atoms with Gasteiger partial charge in [-0.25, -0.2) is 4.98 Å². The molecule has 0 aromatic carbocycles. The third kappa shape index (κ3) is 4.32. The molecule has 0 atom stereocenters. The number of anilines is 2. The van der Waals surface area contributed by atoms with Gasteiger partial charge >= 0.3 is 0 Å². The minimum atomic E-state index is 0.560. The lowest BCUT2D eigenvalue weighted by molar-refractivity contribution is 0.0342. The van der Waals surface area contributed by atoms with Crippen LogP contribution in [0.5, 0.6) is 0 Å². The lowest BCUT2D eigenvalue weighted by Crippen LogP contribution is -2.35. The van der Waals surface area contributed by atoms with Gasteiger partial charge in [-0.3, -0.25) is 4.90 Å². The number of pyridine rings is 1. The van der Waals surface area contributed by atoms with Gasteiger partial charge in [-0.05, 0) is 30.5 Å². The highest BCUT2D eigenvalue weighted by Crippen LogP contribution is 2.22. The molecule has 0 spiro atoms. The predicted octanol–water partition coefficient (Wildman–Crippen LogP) is 2.24. The molecule has 2 aliphatic rings. The quantitative estimate of drug-likeness (QED) is 0.890. The number of morpholine rings is 1. The number of aromatic nitrogens is 1. The van der Waals surface area contributed by atoms with Gasteiger partial charge in [0.15, 0.2) is 0 Å². The first-order chi connectivity index (χ1) is 10.3. The number of ether oxygens (including phenoxy) is 1. The van der Waals surface area contributed by atoms with Crippen LogP contribution in [0.4, 0.5) is 11.6 Å². The molecule has 0 amide bonds. The van der Waals surface area contributed by atoms with Crippen LogP contribution >= 0.6 is 0 Å². The number of rotatable bonds is 4. The second-order valence-corrected chi connectivity index (χ2v) is 6.15. The largest absolute Gasteiger partial charge is 0.384 e. The summed E-state index contributed by atoms with van der Waals surface area (Å²) in [4.78, 5) is 6.85. The molecule has 5 heteroatoms. The fourth-order valence-corrected chi connectivity index (χ4v) is 3.25. The minimum Gasteiger partial charge on any atom is -0.384 e. The van der Waals surface area contributed by atoms with Gasteiger partial charge < -0.3 is 15.8 Å². The van der Waals surface area contributed by atoms with Crippen molar-refractivity contribution in [3.05, 3.63) is 17.7 Å². The van der Waals surface area contributed by atoms with Crippen molar-refractivity contribution in [1.82, 2.24) is 9.88 Å². The van der Waals surface area contributed by atoms with Crippen LogP contribution in [0, 0.1) is 0 Å². The third-order valence-electron chi connectivity index (χ3n) is 4.37. The third-order valence-corrected chi connectivity index (χ3v) is 4.37. The van der Waals surface area contributed by atoms with Gasteiger partial charge in [0, 0.05) is 25.7 Å². The summed E-state index contributed by atoms with van der Waals surface area (Å²) in [5.41, 5.74) is 7.21. The molecule has 21 heavy (non-hydrogen) atoms. The van der Waals surface area contributed by atoms with Gasteiger partial charge in [0.2, 0.25) is 0 Å². The summed E-state index contributed by atoms with van der Waals surface area (Å²) < 4.78 is 5.39. The summed E-state index contributed by atoms with van der Waals surface area (Å²) in [6.45, 7) is 4.57. The van der Waals surface area contributed by atoms with Gasteiger partial charge in [0.25, 0.3) is 0 Å². The topological polar surface area (TPSA) is 63.4 Å². The molecular formula is C16H26N4O. The Morgan fingerprint density at radius 2 is 1.95 bits per heavy atom. The van der Waals surface area contributed by atoms with Crippen molar-refractivity contribution in [3.63, 3.8) is 0 Å². The zero-order valence-corrected chi connectivity index (χ0v) is 12.7. The maximum atomic E-state index is 5.98. The van der Waals surface area contributed by atoms with Gasteiger partial charge in [-0.2, -0.15) is 0 Å². The van der Waals surface area contributed by atoms with Crippen LogP contribution in [0.15, 0.2) is 12.1 Å². The minimum absolute atomic E-state index is 0.560. The summed E-state index contributed by atoms with van der Waals surface area (Å²) in [7, 11) is 0. The highest BCUT2D eigenvalue weighted by atomic mass is 16.5. The predicted molar refractivity (Wildman–Crippen MR) is 85.2 cm³/mol.